The summed E-state index contributed by atoms with van der Waals surface area (Å²) < 4.78 is 2.71. The van der Waals surface area contributed by atoms with Crippen LogP contribution in [0.5, 0.6) is 0 Å². The van der Waals surface area contributed by atoms with Gasteiger partial charge in [-0.3, -0.25) is 0 Å². The molecule has 1 aromatic carbocycles. The third-order valence-electron chi connectivity index (χ3n) is 2.93. The van der Waals surface area contributed by atoms with Crippen molar-refractivity contribution < 1.29 is 0 Å². The molecule has 1 aliphatic carbocycles. The van der Waals surface area contributed by atoms with Gasteiger partial charge in [-0.2, -0.15) is 9.67 Å². The lowest BCUT2D eigenvalue weighted by atomic mass is 10.2. The van der Waals surface area contributed by atoms with Crippen LogP contribution in [0.15, 0.2) is 22.7 Å². The van der Waals surface area contributed by atoms with Crippen LogP contribution in [0, 0.1) is 6.92 Å². The summed E-state index contributed by atoms with van der Waals surface area (Å²) in [5.41, 5.74) is 7.96. The van der Waals surface area contributed by atoms with E-state index >= 15 is 0 Å². The van der Waals surface area contributed by atoms with Gasteiger partial charge in [0.1, 0.15) is 0 Å². The molecule has 2 aromatic rings. The van der Waals surface area contributed by atoms with Crippen LogP contribution >= 0.6 is 15.9 Å². The molecule has 0 aliphatic heterocycles. The highest BCUT2D eigenvalue weighted by molar-refractivity contribution is 9.10. The van der Waals surface area contributed by atoms with Gasteiger partial charge in [0.25, 0.3) is 0 Å². The van der Waals surface area contributed by atoms with Crippen molar-refractivity contribution in [1.82, 2.24) is 14.8 Å². The minimum absolute atomic E-state index is 0.406. The lowest BCUT2D eigenvalue weighted by Gasteiger charge is -2.06. The standard InChI is InChI=1S/C12H14BrN5/c1-7-6-8(13)2-5-10(7)18-11(14)16-12(17-18)15-9-3-4-9/h2,5-6,9H,3-4H2,1H3,(H3,14,15,16,17). The molecule has 1 heterocycles. The van der Waals surface area contributed by atoms with E-state index in [1.54, 1.807) is 4.68 Å². The Kier molecular flexibility index (Phi) is 2.74. The predicted molar refractivity (Wildman–Crippen MR) is 74.9 cm³/mol. The van der Waals surface area contributed by atoms with Crippen LogP contribution in [-0.2, 0) is 0 Å². The Bertz CT molecular complexity index is 588. The van der Waals surface area contributed by atoms with Crippen LogP contribution in [0.1, 0.15) is 18.4 Å². The van der Waals surface area contributed by atoms with E-state index in [9.17, 15) is 0 Å². The predicted octanol–water partition coefficient (Wildman–Crippen LogP) is 2.49. The zero-order valence-corrected chi connectivity index (χ0v) is 11.6. The van der Waals surface area contributed by atoms with Crippen LogP contribution in [0.4, 0.5) is 11.9 Å². The highest BCUT2D eigenvalue weighted by atomic mass is 79.9. The second-order valence-corrected chi connectivity index (χ2v) is 5.47. The van der Waals surface area contributed by atoms with Gasteiger partial charge in [0.2, 0.25) is 11.9 Å². The van der Waals surface area contributed by atoms with Crippen molar-refractivity contribution in [2.24, 2.45) is 0 Å². The van der Waals surface area contributed by atoms with Gasteiger partial charge in [-0.1, -0.05) is 15.9 Å². The number of hydrogen-bond acceptors (Lipinski definition) is 4. The molecule has 0 saturated heterocycles. The van der Waals surface area contributed by atoms with Crippen LogP contribution < -0.4 is 11.1 Å². The SMILES string of the molecule is Cc1cc(Br)ccc1-n1nc(NC2CC2)nc1N. The highest BCUT2D eigenvalue weighted by Crippen LogP contribution is 2.25. The van der Waals surface area contributed by atoms with Gasteiger partial charge < -0.3 is 11.1 Å². The lowest BCUT2D eigenvalue weighted by Crippen LogP contribution is -2.05. The average molecular weight is 308 g/mol. The summed E-state index contributed by atoms with van der Waals surface area (Å²) in [6.45, 7) is 2.02. The number of rotatable bonds is 3. The molecule has 1 saturated carbocycles. The summed E-state index contributed by atoms with van der Waals surface area (Å²) >= 11 is 3.44. The summed E-state index contributed by atoms with van der Waals surface area (Å²) in [6, 6.07) is 6.50. The Morgan fingerprint density at radius 2 is 2.22 bits per heavy atom. The van der Waals surface area contributed by atoms with Gasteiger partial charge in [0.05, 0.1) is 5.69 Å². The molecule has 1 aliphatic rings. The van der Waals surface area contributed by atoms with Crippen LogP contribution in [-0.4, -0.2) is 20.8 Å². The number of benzene rings is 1. The largest absolute Gasteiger partial charge is 0.368 e. The Balaban J connectivity index is 1.96. The number of hydrogen-bond donors (Lipinski definition) is 2. The fourth-order valence-electron chi connectivity index (χ4n) is 1.83. The van der Waals surface area contributed by atoms with Crippen LogP contribution in [0.3, 0.4) is 0 Å². The second-order valence-electron chi connectivity index (χ2n) is 4.55. The first-order valence-electron chi connectivity index (χ1n) is 5.89. The molecule has 5 nitrogen and oxygen atoms in total. The maximum absolute atomic E-state index is 5.91. The van der Waals surface area contributed by atoms with E-state index in [4.69, 9.17) is 5.73 Å². The molecule has 18 heavy (non-hydrogen) atoms. The number of halogens is 1. The van der Waals surface area contributed by atoms with E-state index in [2.05, 4.69) is 31.3 Å². The van der Waals surface area contributed by atoms with Gasteiger partial charge in [0, 0.05) is 10.5 Å². The fourth-order valence-corrected chi connectivity index (χ4v) is 2.30. The van der Waals surface area contributed by atoms with Gasteiger partial charge in [-0.05, 0) is 43.5 Å². The Hall–Kier alpha value is -1.56. The number of nitrogen functional groups attached to an aromatic ring is 1. The van der Waals surface area contributed by atoms with Gasteiger partial charge in [-0.15, -0.1) is 5.10 Å². The van der Waals surface area contributed by atoms with E-state index in [0.717, 1.165) is 15.7 Å². The van der Waals surface area contributed by atoms with Crippen molar-refractivity contribution in [2.75, 3.05) is 11.1 Å². The van der Waals surface area contributed by atoms with E-state index in [-0.39, 0.29) is 0 Å². The van der Waals surface area contributed by atoms with E-state index < -0.39 is 0 Å². The van der Waals surface area contributed by atoms with Gasteiger partial charge in [0.15, 0.2) is 0 Å². The monoisotopic (exact) mass is 307 g/mol. The minimum atomic E-state index is 0.406. The zero-order valence-electron chi connectivity index (χ0n) is 10.0. The number of aromatic nitrogens is 3. The van der Waals surface area contributed by atoms with Crippen molar-refractivity contribution in [3.63, 3.8) is 0 Å². The van der Waals surface area contributed by atoms with Crippen LogP contribution in [0.2, 0.25) is 0 Å². The molecule has 1 aromatic heterocycles. The summed E-state index contributed by atoms with van der Waals surface area (Å²) in [4.78, 5) is 4.24. The number of aryl methyl sites for hydroxylation is 1. The molecular weight excluding hydrogens is 294 g/mol. The fraction of sp³-hybridized carbons (Fsp3) is 0.333. The number of nitrogens with two attached hydrogens (primary N) is 1. The molecular formula is C12H14BrN5. The summed E-state index contributed by atoms with van der Waals surface area (Å²) in [5.74, 6) is 1.01. The number of nitrogens with one attached hydrogen (secondary N) is 1. The third-order valence-corrected chi connectivity index (χ3v) is 3.42. The topological polar surface area (TPSA) is 68.8 Å². The molecule has 0 spiro atoms. The summed E-state index contributed by atoms with van der Waals surface area (Å²) in [6.07, 6.45) is 2.37. The van der Waals surface area contributed by atoms with Crippen LogP contribution in [0.25, 0.3) is 5.69 Å². The van der Waals surface area contributed by atoms with Crippen molar-refractivity contribution in [1.29, 1.82) is 0 Å². The molecule has 0 radical (unpaired) electrons. The highest BCUT2D eigenvalue weighted by Gasteiger charge is 2.23. The molecule has 1 fully saturated rings. The normalized spacial score (nSPS) is 14.8. The molecule has 6 heteroatoms. The maximum atomic E-state index is 5.91. The molecule has 0 atom stereocenters. The number of anilines is 2. The first kappa shape index (κ1) is 11.5. The van der Waals surface area contributed by atoms with E-state index in [0.29, 0.717) is 17.9 Å². The Labute approximate surface area is 114 Å². The van der Waals surface area contributed by atoms with Gasteiger partial charge >= 0.3 is 0 Å². The molecule has 94 valence electrons. The maximum Gasteiger partial charge on any atom is 0.244 e. The first-order chi connectivity index (χ1) is 8.63. The van der Waals surface area contributed by atoms with Crippen molar-refractivity contribution in [2.45, 2.75) is 25.8 Å². The second kappa shape index (κ2) is 4.28. The van der Waals surface area contributed by atoms with E-state index in [1.165, 1.54) is 12.8 Å². The minimum Gasteiger partial charge on any atom is -0.368 e. The van der Waals surface area contributed by atoms with E-state index in [1.807, 2.05) is 25.1 Å². The number of nitrogens with zero attached hydrogens (tertiary/aromatic N) is 3. The summed E-state index contributed by atoms with van der Waals surface area (Å²) in [7, 11) is 0. The van der Waals surface area contributed by atoms with Crippen molar-refractivity contribution in [3.05, 3.63) is 28.2 Å². The Morgan fingerprint density at radius 1 is 1.44 bits per heavy atom. The van der Waals surface area contributed by atoms with Crippen molar-refractivity contribution in [3.8, 4) is 5.69 Å². The smallest absolute Gasteiger partial charge is 0.244 e. The first-order valence-corrected chi connectivity index (χ1v) is 6.68. The third kappa shape index (κ3) is 2.20. The molecule has 0 bridgehead atoms. The van der Waals surface area contributed by atoms with Gasteiger partial charge in [-0.25, -0.2) is 0 Å². The molecule has 0 amide bonds. The Morgan fingerprint density at radius 3 is 2.89 bits per heavy atom. The quantitative estimate of drug-likeness (QED) is 0.914. The summed E-state index contributed by atoms with van der Waals surface area (Å²) in [5, 5.41) is 7.65. The zero-order chi connectivity index (χ0) is 12.7. The molecule has 3 rings (SSSR count). The lowest BCUT2D eigenvalue weighted by molar-refractivity contribution is 0.879. The molecule has 3 N–H and O–H groups in total. The van der Waals surface area contributed by atoms with Crippen molar-refractivity contribution >= 4 is 27.8 Å². The average Bonchev–Trinajstić information content (AvgIpc) is 3.03. The molecule has 0 unspecified atom stereocenters.